The van der Waals surface area contributed by atoms with E-state index in [1.165, 1.54) is 0 Å². The molecule has 0 radical (unpaired) electrons. The molecule has 98 valence electrons. The van der Waals surface area contributed by atoms with E-state index in [9.17, 15) is 9.90 Å². The molecule has 2 heterocycles. The third-order valence-electron chi connectivity index (χ3n) is 4.36. The number of rotatable bonds is 4. The number of likely N-dealkylation sites (tertiary alicyclic amines) is 1. The number of aliphatic carboxylic acids is 1. The van der Waals surface area contributed by atoms with E-state index in [0.29, 0.717) is 6.04 Å². The molecule has 1 N–H and O–H groups in total. The molecule has 0 aromatic rings. The van der Waals surface area contributed by atoms with Crippen LogP contribution >= 0.6 is 0 Å². The quantitative estimate of drug-likeness (QED) is 0.814. The molecular formula is C13H23NO3. The minimum absolute atomic E-state index is 0.454. The standard InChI is InChI=1S/C13H23NO3/c1-2-4-13(12(15)16)5-7-14(8-6-13)11-3-9-17-10-11/h11H,2-10H2,1H3,(H,15,16). The maximum Gasteiger partial charge on any atom is 0.309 e. The molecule has 0 bridgehead atoms. The molecule has 17 heavy (non-hydrogen) atoms. The topological polar surface area (TPSA) is 49.8 Å². The van der Waals surface area contributed by atoms with E-state index in [0.717, 1.165) is 58.4 Å². The zero-order chi connectivity index (χ0) is 12.3. The van der Waals surface area contributed by atoms with E-state index in [1.807, 2.05) is 0 Å². The maximum absolute atomic E-state index is 11.5. The second-order valence-electron chi connectivity index (χ2n) is 5.39. The highest BCUT2D eigenvalue weighted by atomic mass is 16.5. The van der Waals surface area contributed by atoms with Gasteiger partial charge in [0.25, 0.3) is 0 Å². The monoisotopic (exact) mass is 241 g/mol. The Labute approximate surface area is 103 Å². The summed E-state index contributed by atoms with van der Waals surface area (Å²) in [6.45, 7) is 5.59. The second kappa shape index (κ2) is 5.36. The molecule has 2 rings (SSSR count). The fourth-order valence-electron chi connectivity index (χ4n) is 3.18. The Morgan fingerprint density at radius 3 is 2.65 bits per heavy atom. The third-order valence-corrected chi connectivity index (χ3v) is 4.36. The Morgan fingerprint density at radius 2 is 2.18 bits per heavy atom. The highest BCUT2D eigenvalue weighted by Gasteiger charge is 2.42. The van der Waals surface area contributed by atoms with Crippen LogP contribution in [0.1, 0.15) is 39.0 Å². The van der Waals surface area contributed by atoms with Gasteiger partial charge < -0.3 is 9.84 Å². The average molecular weight is 241 g/mol. The average Bonchev–Trinajstić information content (AvgIpc) is 2.83. The van der Waals surface area contributed by atoms with Crippen LogP contribution in [0.4, 0.5) is 0 Å². The van der Waals surface area contributed by atoms with Gasteiger partial charge in [0.15, 0.2) is 0 Å². The molecule has 1 unspecified atom stereocenters. The summed E-state index contributed by atoms with van der Waals surface area (Å²) < 4.78 is 5.40. The molecular weight excluding hydrogens is 218 g/mol. The summed E-state index contributed by atoms with van der Waals surface area (Å²) in [6, 6.07) is 0.531. The van der Waals surface area contributed by atoms with E-state index in [1.54, 1.807) is 0 Å². The predicted molar refractivity (Wildman–Crippen MR) is 65.0 cm³/mol. The van der Waals surface area contributed by atoms with Crippen LogP contribution < -0.4 is 0 Å². The van der Waals surface area contributed by atoms with Crippen LogP contribution in [0, 0.1) is 5.41 Å². The summed E-state index contributed by atoms with van der Waals surface area (Å²) in [5, 5.41) is 9.43. The van der Waals surface area contributed by atoms with E-state index in [4.69, 9.17) is 4.74 Å². The smallest absolute Gasteiger partial charge is 0.309 e. The molecule has 1 atom stereocenters. The number of hydrogen-bond acceptors (Lipinski definition) is 3. The fraction of sp³-hybridized carbons (Fsp3) is 0.923. The van der Waals surface area contributed by atoms with Gasteiger partial charge in [-0.25, -0.2) is 0 Å². The van der Waals surface area contributed by atoms with Gasteiger partial charge in [-0.05, 0) is 38.8 Å². The van der Waals surface area contributed by atoms with Crippen LogP contribution in [-0.4, -0.2) is 48.3 Å². The molecule has 0 amide bonds. The highest BCUT2D eigenvalue weighted by Crippen LogP contribution is 2.37. The van der Waals surface area contributed by atoms with Crippen LogP contribution in [0.3, 0.4) is 0 Å². The lowest BCUT2D eigenvalue weighted by Gasteiger charge is -2.41. The molecule has 2 aliphatic heterocycles. The number of ether oxygens (including phenoxy) is 1. The molecule has 2 saturated heterocycles. The number of carboxylic acids is 1. The number of piperidine rings is 1. The predicted octanol–water partition coefficient (Wildman–Crippen LogP) is 1.74. The van der Waals surface area contributed by atoms with Crippen LogP contribution in [-0.2, 0) is 9.53 Å². The lowest BCUT2D eigenvalue weighted by atomic mass is 9.74. The minimum atomic E-state index is -0.596. The van der Waals surface area contributed by atoms with Gasteiger partial charge in [0.05, 0.1) is 12.0 Å². The zero-order valence-corrected chi connectivity index (χ0v) is 10.7. The Kier molecular flexibility index (Phi) is 4.05. The maximum atomic E-state index is 11.5. The molecule has 0 aliphatic carbocycles. The Balaban J connectivity index is 1.92. The van der Waals surface area contributed by atoms with Crippen molar-refractivity contribution < 1.29 is 14.6 Å². The van der Waals surface area contributed by atoms with Crippen LogP contribution in [0.15, 0.2) is 0 Å². The van der Waals surface area contributed by atoms with E-state index in [2.05, 4.69) is 11.8 Å². The molecule has 0 aromatic heterocycles. The Bertz CT molecular complexity index is 266. The van der Waals surface area contributed by atoms with Crippen LogP contribution in [0.2, 0.25) is 0 Å². The number of carbonyl (C=O) groups is 1. The van der Waals surface area contributed by atoms with Crippen molar-refractivity contribution in [2.24, 2.45) is 5.41 Å². The summed E-state index contributed by atoms with van der Waals surface area (Å²) in [5.74, 6) is -0.596. The number of nitrogens with zero attached hydrogens (tertiary/aromatic N) is 1. The van der Waals surface area contributed by atoms with Crippen molar-refractivity contribution in [3.63, 3.8) is 0 Å². The first-order valence-corrected chi connectivity index (χ1v) is 6.73. The van der Waals surface area contributed by atoms with Gasteiger partial charge in [-0.2, -0.15) is 0 Å². The van der Waals surface area contributed by atoms with Crippen molar-refractivity contribution in [1.82, 2.24) is 4.90 Å². The summed E-state index contributed by atoms with van der Waals surface area (Å²) in [5.41, 5.74) is -0.454. The molecule has 0 saturated carbocycles. The summed E-state index contributed by atoms with van der Waals surface area (Å²) >= 11 is 0. The molecule has 0 spiro atoms. The van der Waals surface area contributed by atoms with Gasteiger partial charge >= 0.3 is 5.97 Å². The summed E-state index contributed by atoms with van der Waals surface area (Å²) in [7, 11) is 0. The van der Waals surface area contributed by atoms with E-state index in [-0.39, 0.29) is 0 Å². The van der Waals surface area contributed by atoms with Gasteiger partial charge in [-0.15, -0.1) is 0 Å². The van der Waals surface area contributed by atoms with Gasteiger partial charge in [-0.1, -0.05) is 13.3 Å². The lowest BCUT2D eigenvalue weighted by molar-refractivity contribution is -0.153. The SMILES string of the molecule is CCCC1(C(=O)O)CCN(C2CCOC2)CC1. The Hall–Kier alpha value is -0.610. The molecule has 2 aliphatic rings. The van der Waals surface area contributed by atoms with Crippen molar-refractivity contribution in [3.05, 3.63) is 0 Å². The van der Waals surface area contributed by atoms with Gasteiger partial charge in [0, 0.05) is 12.6 Å². The third kappa shape index (κ3) is 2.63. The number of carboxylic acid groups (broad SMARTS) is 1. The first kappa shape index (κ1) is 12.8. The normalized spacial score (nSPS) is 29.4. The first-order valence-electron chi connectivity index (χ1n) is 6.73. The van der Waals surface area contributed by atoms with Crippen molar-refractivity contribution >= 4 is 5.97 Å². The lowest BCUT2D eigenvalue weighted by Crippen LogP contribution is -2.48. The van der Waals surface area contributed by atoms with Crippen molar-refractivity contribution in [3.8, 4) is 0 Å². The highest BCUT2D eigenvalue weighted by molar-refractivity contribution is 5.74. The zero-order valence-electron chi connectivity index (χ0n) is 10.7. The minimum Gasteiger partial charge on any atom is -0.481 e. The summed E-state index contributed by atoms with van der Waals surface area (Å²) in [6.07, 6.45) is 4.48. The van der Waals surface area contributed by atoms with E-state index < -0.39 is 11.4 Å². The van der Waals surface area contributed by atoms with Crippen molar-refractivity contribution in [2.45, 2.75) is 45.1 Å². The number of hydrogen-bond donors (Lipinski definition) is 1. The molecule has 4 heteroatoms. The Morgan fingerprint density at radius 1 is 1.47 bits per heavy atom. The van der Waals surface area contributed by atoms with Crippen molar-refractivity contribution in [2.75, 3.05) is 26.3 Å². The van der Waals surface area contributed by atoms with Crippen LogP contribution in [0.5, 0.6) is 0 Å². The fourth-order valence-corrected chi connectivity index (χ4v) is 3.18. The largest absolute Gasteiger partial charge is 0.481 e. The van der Waals surface area contributed by atoms with Crippen molar-refractivity contribution in [1.29, 1.82) is 0 Å². The first-order chi connectivity index (χ1) is 8.18. The molecule has 4 nitrogen and oxygen atoms in total. The van der Waals surface area contributed by atoms with Crippen LogP contribution in [0.25, 0.3) is 0 Å². The van der Waals surface area contributed by atoms with Gasteiger partial charge in [0.2, 0.25) is 0 Å². The molecule has 0 aromatic carbocycles. The van der Waals surface area contributed by atoms with Gasteiger partial charge in [0.1, 0.15) is 0 Å². The second-order valence-corrected chi connectivity index (χ2v) is 5.39. The molecule has 2 fully saturated rings. The summed E-state index contributed by atoms with van der Waals surface area (Å²) in [4.78, 5) is 13.9. The van der Waals surface area contributed by atoms with E-state index >= 15 is 0 Å². The van der Waals surface area contributed by atoms with Gasteiger partial charge in [-0.3, -0.25) is 9.69 Å².